The molecular weight excluding hydrogens is 208 g/mol. The molecule has 1 heterocycles. The summed E-state index contributed by atoms with van der Waals surface area (Å²) in [6, 6.07) is 0. The van der Waals surface area contributed by atoms with Gasteiger partial charge >= 0.3 is 0 Å². The molecule has 1 rings (SSSR count). The molecule has 0 amide bonds. The van der Waals surface area contributed by atoms with E-state index in [1.165, 1.54) is 0 Å². The van der Waals surface area contributed by atoms with Crippen LogP contribution in [0.4, 0.5) is 0 Å². The average Bonchev–Trinajstić information content (AvgIpc) is 2.31. The predicted octanol–water partition coefficient (Wildman–Crippen LogP) is -0.0268. The van der Waals surface area contributed by atoms with Crippen molar-refractivity contribution in [3.8, 4) is 0 Å². The maximum atomic E-state index is 8.63. The van der Waals surface area contributed by atoms with Gasteiger partial charge in [0, 0.05) is 0 Å². The van der Waals surface area contributed by atoms with Gasteiger partial charge in [0.05, 0.1) is 13.6 Å². The summed E-state index contributed by atoms with van der Waals surface area (Å²) in [7, 11) is -2.90. The van der Waals surface area contributed by atoms with Crippen LogP contribution in [0.2, 0.25) is 0 Å². The van der Waals surface area contributed by atoms with Crippen LogP contribution in [0, 0.1) is 0 Å². The molecule has 0 atom stereocenters. The van der Waals surface area contributed by atoms with Gasteiger partial charge in [-0.15, -0.1) is 0 Å². The Morgan fingerprint density at radius 3 is 2.14 bits per heavy atom. The normalized spacial score (nSPS) is 9.71. The van der Waals surface area contributed by atoms with Gasteiger partial charge in [-0.3, -0.25) is 4.55 Å². The van der Waals surface area contributed by atoms with Crippen molar-refractivity contribution < 1.29 is 22.1 Å². The zero-order chi connectivity index (χ0) is 10.5. The first-order valence-corrected chi connectivity index (χ1v) is 4.88. The van der Waals surface area contributed by atoms with Crippen LogP contribution in [-0.4, -0.2) is 22.1 Å². The van der Waals surface area contributed by atoms with Crippen LogP contribution >= 0.6 is 0 Å². The highest BCUT2D eigenvalue weighted by Crippen LogP contribution is 1.79. The molecule has 1 aromatic heterocycles. The molecule has 84 valence electrons. The Labute approximate surface area is 84.4 Å². The Hall–Kier alpha value is -0.920. The average molecular weight is 224 g/mol. The van der Waals surface area contributed by atoms with E-state index in [1.54, 1.807) is 0 Å². The van der Waals surface area contributed by atoms with Gasteiger partial charge in [-0.25, -0.2) is 17.6 Å². The van der Waals surface area contributed by atoms with E-state index in [4.69, 9.17) is 17.5 Å². The van der Waals surface area contributed by atoms with Crippen LogP contribution in [-0.2, 0) is 24.0 Å². The molecule has 7 heteroatoms. The highest BCUT2D eigenvalue weighted by atomic mass is 32.3. The maximum Gasteiger partial charge on any atom is 0.243 e. The zero-order valence-electron chi connectivity index (χ0n) is 7.41. The molecule has 0 spiro atoms. The van der Waals surface area contributed by atoms with Gasteiger partial charge in [0.25, 0.3) is 0 Å². The Balaban J connectivity index is 0. The van der Waals surface area contributed by atoms with Gasteiger partial charge in [-0.1, -0.05) is 7.43 Å². The van der Waals surface area contributed by atoms with Gasteiger partial charge in [-0.2, -0.15) is 0 Å². The SMILES string of the molecule is C.CCn1cc[n+](C)c1.O=S(=O)([O-])O. The Morgan fingerprint density at radius 2 is 2.00 bits per heavy atom. The number of nitrogens with zero attached hydrogens (tertiary/aromatic N) is 2. The van der Waals surface area contributed by atoms with Gasteiger partial charge in [-0.05, 0) is 6.92 Å². The van der Waals surface area contributed by atoms with Crippen molar-refractivity contribution in [3.63, 3.8) is 0 Å². The molecule has 1 N–H and O–H groups in total. The van der Waals surface area contributed by atoms with Gasteiger partial charge in [0.15, 0.2) is 0 Å². The van der Waals surface area contributed by atoms with E-state index in [0.29, 0.717) is 0 Å². The maximum absolute atomic E-state index is 8.63. The minimum absolute atomic E-state index is 0. The lowest BCUT2D eigenvalue weighted by Gasteiger charge is -1.88. The number of rotatable bonds is 1. The molecule has 0 saturated carbocycles. The third-order valence-corrected chi connectivity index (χ3v) is 1.19. The lowest BCUT2D eigenvalue weighted by atomic mass is 10.7. The van der Waals surface area contributed by atoms with Gasteiger partial charge in [0.1, 0.15) is 12.4 Å². The van der Waals surface area contributed by atoms with Crippen molar-refractivity contribution in [1.29, 1.82) is 0 Å². The fourth-order valence-electron chi connectivity index (χ4n) is 0.689. The van der Waals surface area contributed by atoms with E-state index in [9.17, 15) is 0 Å². The van der Waals surface area contributed by atoms with Crippen LogP contribution < -0.4 is 4.57 Å². The first kappa shape index (κ1) is 15.5. The van der Waals surface area contributed by atoms with E-state index >= 15 is 0 Å². The highest BCUT2D eigenvalue weighted by Gasteiger charge is 1.92. The molecule has 0 radical (unpaired) electrons. The Morgan fingerprint density at radius 1 is 1.57 bits per heavy atom. The second kappa shape index (κ2) is 6.52. The molecule has 0 fully saturated rings. The Bertz CT molecular complexity index is 336. The standard InChI is InChI=1S/C6H11N2.CH4.H2O4S/c1-3-8-5-4-7(2)6-8;;1-5(2,3)4/h4-6H,3H2,1-2H3;1H4;(H2,1,2,3,4)/q+1;;/p-1. The molecule has 0 aliphatic rings. The van der Waals surface area contributed by atoms with E-state index in [2.05, 4.69) is 24.0 Å². The molecule has 0 aliphatic heterocycles. The summed E-state index contributed by atoms with van der Waals surface area (Å²) in [5.74, 6) is 0. The summed E-state index contributed by atoms with van der Waals surface area (Å²) in [6.45, 7) is 3.18. The fraction of sp³-hybridized carbons (Fsp3) is 0.571. The first-order chi connectivity index (χ1) is 5.83. The zero-order valence-corrected chi connectivity index (χ0v) is 8.23. The number of imidazole rings is 1. The second-order valence-electron chi connectivity index (χ2n) is 2.34. The second-order valence-corrected chi connectivity index (χ2v) is 3.19. The monoisotopic (exact) mass is 224 g/mol. The third-order valence-electron chi connectivity index (χ3n) is 1.19. The molecular formula is C7H16N2O4S. The quantitative estimate of drug-likeness (QED) is 0.412. The lowest BCUT2D eigenvalue weighted by Crippen LogP contribution is -2.23. The molecule has 0 aromatic carbocycles. The molecule has 0 aliphatic carbocycles. The van der Waals surface area contributed by atoms with Crippen LogP contribution in [0.5, 0.6) is 0 Å². The van der Waals surface area contributed by atoms with E-state index in [0.717, 1.165) is 6.54 Å². The van der Waals surface area contributed by atoms with Crippen molar-refractivity contribution in [2.45, 2.75) is 20.9 Å². The molecule has 14 heavy (non-hydrogen) atoms. The van der Waals surface area contributed by atoms with E-state index in [1.807, 2.05) is 17.8 Å². The van der Waals surface area contributed by atoms with Crippen LogP contribution in [0.3, 0.4) is 0 Å². The highest BCUT2D eigenvalue weighted by molar-refractivity contribution is 7.79. The summed E-state index contributed by atoms with van der Waals surface area (Å²) in [5, 5.41) is 0. The Kier molecular flexibility index (Phi) is 7.24. The molecule has 6 nitrogen and oxygen atoms in total. The molecule has 0 bridgehead atoms. The minimum atomic E-state index is -4.92. The summed E-state index contributed by atoms with van der Waals surface area (Å²) in [4.78, 5) is 0. The summed E-state index contributed by atoms with van der Waals surface area (Å²) in [5.41, 5.74) is 0. The van der Waals surface area contributed by atoms with Gasteiger partial charge < -0.3 is 4.55 Å². The summed E-state index contributed by atoms with van der Waals surface area (Å²) >= 11 is 0. The number of hydrogen-bond acceptors (Lipinski definition) is 3. The van der Waals surface area contributed by atoms with Gasteiger partial charge in [0.2, 0.25) is 16.7 Å². The number of aromatic nitrogens is 2. The largest absolute Gasteiger partial charge is 0.726 e. The number of aryl methyl sites for hydroxylation is 2. The molecule has 1 aromatic rings. The number of hydrogen-bond donors (Lipinski definition) is 1. The fourth-order valence-corrected chi connectivity index (χ4v) is 0.689. The van der Waals surface area contributed by atoms with Crippen LogP contribution in [0.25, 0.3) is 0 Å². The third kappa shape index (κ3) is 11.1. The summed E-state index contributed by atoms with van der Waals surface area (Å²) in [6.07, 6.45) is 6.14. The van der Waals surface area contributed by atoms with Crippen molar-refractivity contribution in [2.75, 3.05) is 0 Å². The predicted molar refractivity (Wildman–Crippen MR) is 50.3 cm³/mol. The van der Waals surface area contributed by atoms with Crippen molar-refractivity contribution in [1.82, 2.24) is 4.57 Å². The van der Waals surface area contributed by atoms with Crippen LogP contribution in [0.1, 0.15) is 14.4 Å². The molecule has 0 unspecified atom stereocenters. The lowest BCUT2D eigenvalue weighted by molar-refractivity contribution is -0.671. The van der Waals surface area contributed by atoms with E-state index in [-0.39, 0.29) is 7.43 Å². The topological polar surface area (TPSA) is 86.2 Å². The van der Waals surface area contributed by atoms with E-state index < -0.39 is 10.4 Å². The van der Waals surface area contributed by atoms with Crippen LogP contribution in [0.15, 0.2) is 18.7 Å². The van der Waals surface area contributed by atoms with Crippen molar-refractivity contribution in [3.05, 3.63) is 18.7 Å². The minimum Gasteiger partial charge on any atom is -0.726 e. The first-order valence-electron chi connectivity index (χ1n) is 3.52. The smallest absolute Gasteiger partial charge is 0.243 e. The van der Waals surface area contributed by atoms with Crippen molar-refractivity contribution in [2.24, 2.45) is 7.05 Å². The molecule has 0 saturated heterocycles. The van der Waals surface area contributed by atoms with Crippen molar-refractivity contribution >= 4 is 10.4 Å². The summed E-state index contributed by atoms with van der Waals surface area (Å²) < 4.78 is 37.0.